The predicted molar refractivity (Wildman–Crippen MR) is 74.0 cm³/mol. The van der Waals surface area contributed by atoms with Crippen molar-refractivity contribution in [2.75, 3.05) is 0 Å². The summed E-state index contributed by atoms with van der Waals surface area (Å²) < 4.78 is 0. The molecule has 1 aromatic carbocycles. The molecule has 0 saturated carbocycles. The molecule has 0 N–H and O–H groups in total. The van der Waals surface area contributed by atoms with Crippen LogP contribution in [0.4, 0.5) is 0 Å². The van der Waals surface area contributed by atoms with Gasteiger partial charge in [0.1, 0.15) is 10.4 Å². The Bertz CT molecular complexity index is 680. The van der Waals surface area contributed by atoms with Crippen LogP contribution in [0.3, 0.4) is 0 Å². The minimum Gasteiger partial charge on any atom is -0.239 e. The van der Waals surface area contributed by atoms with Crippen LogP contribution in [-0.4, -0.2) is 4.98 Å². The predicted octanol–water partition coefficient (Wildman–Crippen LogP) is 4.17. The average molecular weight is 275 g/mol. The van der Waals surface area contributed by atoms with Crippen molar-refractivity contribution in [2.45, 2.75) is 25.7 Å². The Morgan fingerprint density at radius 2 is 2.22 bits per heavy atom. The molecule has 0 amide bonds. The molecule has 0 aliphatic heterocycles. The third kappa shape index (κ3) is 1.65. The van der Waals surface area contributed by atoms with E-state index >= 15 is 0 Å². The van der Waals surface area contributed by atoms with Gasteiger partial charge in [-0.15, -0.1) is 11.3 Å². The summed E-state index contributed by atoms with van der Waals surface area (Å²) in [6.45, 7) is 3.81. The second-order valence-electron chi connectivity index (χ2n) is 5.01. The Hall–Kier alpha value is -1.37. The zero-order valence-corrected chi connectivity index (χ0v) is 11.7. The summed E-state index contributed by atoms with van der Waals surface area (Å²) in [4.78, 5) is 5.90. The molecule has 1 heterocycles. The molecule has 0 bridgehead atoms. The van der Waals surface area contributed by atoms with Crippen molar-refractivity contribution in [3.8, 4) is 17.3 Å². The van der Waals surface area contributed by atoms with Crippen LogP contribution in [0.15, 0.2) is 18.2 Å². The minimum absolute atomic E-state index is 0.512. The van der Waals surface area contributed by atoms with E-state index < -0.39 is 5.41 Å². The summed E-state index contributed by atoms with van der Waals surface area (Å²) in [7, 11) is 0. The zero-order chi connectivity index (χ0) is 12.9. The molecule has 4 heteroatoms. The maximum atomic E-state index is 9.17. The number of halogens is 1. The standard InChI is InChI=1S/C14H11ClN2S/c1-14(2,7-16)13-17-12-10-4-3-9(15)5-8(10)6-11(12)18-13/h3-5H,6H2,1-2H3. The Labute approximate surface area is 115 Å². The van der Waals surface area contributed by atoms with E-state index in [-0.39, 0.29) is 0 Å². The highest BCUT2D eigenvalue weighted by Gasteiger charge is 2.30. The topological polar surface area (TPSA) is 36.7 Å². The molecule has 0 unspecified atom stereocenters. The largest absolute Gasteiger partial charge is 0.239 e. The van der Waals surface area contributed by atoms with E-state index in [1.165, 1.54) is 10.4 Å². The quantitative estimate of drug-likeness (QED) is 0.668. The van der Waals surface area contributed by atoms with E-state index in [2.05, 4.69) is 11.1 Å². The van der Waals surface area contributed by atoms with Crippen LogP contribution in [0.5, 0.6) is 0 Å². The van der Waals surface area contributed by atoms with Gasteiger partial charge in [-0.2, -0.15) is 5.26 Å². The van der Waals surface area contributed by atoms with Crippen molar-refractivity contribution in [3.05, 3.63) is 38.7 Å². The smallest absolute Gasteiger partial charge is 0.113 e. The summed E-state index contributed by atoms with van der Waals surface area (Å²) in [6.07, 6.45) is 0.879. The summed E-state index contributed by atoms with van der Waals surface area (Å²) in [5, 5.41) is 10.8. The van der Waals surface area contributed by atoms with E-state index in [0.717, 1.165) is 27.7 Å². The fourth-order valence-electron chi connectivity index (χ4n) is 2.11. The Kier molecular flexibility index (Phi) is 2.48. The lowest BCUT2D eigenvalue weighted by Gasteiger charge is -2.10. The summed E-state index contributed by atoms with van der Waals surface area (Å²) >= 11 is 7.64. The van der Waals surface area contributed by atoms with Gasteiger partial charge in [0.2, 0.25) is 0 Å². The molecule has 0 saturated heterocycles. The van der Waals surface area contributed by atoms with Gasteiger partial charge >= 0.3 is 0 Å². The van der Waals surface area contributed by atoms with E-state index in [0.29, 0.717) is 0 Å². The molecular weight excluding hydrogens is 264 g/mol. The van der Waals surface area contributed by atoms with Gasteiger partial charge in [-0.25, -0.2) is 4.98 Å². The molecule has 0 radical (unpaired) electrons. The van der Waals surface area contributed by atoms with Gasteiger partial charge in [0.25, 0.3) is 0 Å². The maximum Gasteiger partial charge on any atom is 0.113 e. The highest BCUT2D eigenvalue weighted by atomic mass is 35.5. The van der Waals surface area contributed by atoms with Crippen molar-refractivity contribution in [2.24, 2.45) is 0 Å². The number of thiazole rings is 1. The molecule has 1 aromatic heterocycles. The lowest BCUT2D eigenvalue weighted by molar-refractivity contribution is 0.680. The van der Waals surface area contributed by atoms with Gasteiger partial charge in [-0.1, -0.05) is 17.7 Å². The number of hydrogen-bond donors (Lipinski definition) is 0. The normalized spacial score (nSPS) is 13.0. The molecule has 18 heavy (non-hydrogen) atoms. The molecule has 0 spiro atoms. The van der Waals surface area contributed by atoms with Gasteiger partial charge in [0.15, 0.2) is 0 Å². The van der Waals surface area contributed by atoms with Crippen LogP contribution in [0.1, 0.15) is 29.3 Å². The third-order valence-electron chi connectivity index (χ3n) is 3.18. The van der Waals surface area contributed by atoms with Crippen molar-refractivity contribution in [3.63, 3.8) is 0 Å². The van der Waals surface area contributed by atoms with Gasteiger partial charge in [0.05, 0.1) is 11.8 Å². The van der Waals surface area contributed by atoms with Crippen LogP contribution in [-0.2, 0) is 11.8 Å². The number of aromatic nitrogens is 1. The second-order valence-corrected chi connectivity index (χ2v) is 6.53. The van der Waals surface area contributed by atoms with Gasteiger partial charge in [-0.3, -0.25) is 0 Å². The van der Waals surface area contributed by atoms with Crippen molar-refractivity contribution >= 4 is 22.9 Å². The fraction of sp³-hybridized carbons (Fsp3) is 0.286. The van der Waals surface area contributed by atoms with E-state index in [1.54, 1.807) is 11.3 Å². The first kappa shape index (κ1) is 11.7. The molecule has 90 valence electrons. The van der Waals surface area contributed by atoms with Crippen LogP contribution >= 0.6 is 22.9 Å². The Morgan fingerprint density at radius 1 is 1.44 bits per heavy atom. The molecule has 3 rings (SSSR count). The third-order valence-corrected chi connectivity index (χ3v) is 4.80. The highest BCUT2D eigenvalue weighted by Crippen LogP contribution is 2.42. The molecule has 0 fully saturated rings. The van der Waals surface area contributed by atoms with Gasteiger partial charge in [0, 0.05) is 21.9 Å². The number of hydrogen-bond acceptors (Lipinski definition) is 3. The van der Waals surface area contributed by atoms with E-state index in [9.17, 15) is 0 Å². The molecule has 1 aliphatic rings. The first-order valence-electron chi connectivity index (χ1n) is 5.71. The minimum atomic E-state index is -0.512. The number of benzene rings is 1. The molecule has 2 nitrogen and oxygen atoms in total. The van der Waals surface area contributed by atoms with Crippen LogP contribution in [0.25, 0.3) is 11.3 Å². The molecule has 2 aromatic rings. The first-order valence-corrected chi connectivity index (χ1v) is 6.91. The number of fused-ring (bicyclic) bond motifs is 3. The molecule has 1 aliphatic carbocycles. The number of rotatable bonds is 1. The zero-order valence-electron chi connectivity index (χ0n) is 10.1. The fourth-order valence-corrected chi connectivity index (χ4v) is 3.46. The Balaban J connectivity index is 2.12. The summed E-state index contributed by atoms with van der Waals surface area (Å²) in [5.41, 5.74) is 2.91. The van der Waals surface area contributed by atoms with Crippen molar-refractivity contribution in [1.29, 1.82) is 5.26 Å². The summed E-state index contributed by atoms with van der Waals surface area (Å²) in [6, 6.07) is 8.22. The van der Waals surface area contributed by atoms with Crippen molar-refractivity contribution < 1.29 is 0 Å². The maximum absolute atomic E-state index is 9.17. The van der Waals surface area contributed by atoms with Gasteiger partial charge in [-0.05, 0) is 31.5 Å². The van der Waals surface area contributed by atoms with Crippen LogP contribution < -0.4 is 0 Å². The monoisotopic (exact) mass is 274 g/mol. The lowest BCUT2D eigenvalue weighted by Crippen LogP contribution is -2.13. The Morgan fingerprint density at radius 3 is 2.94 bits per heavy atom. The SMILES string of the molecule is CC(C)(C#N)c1nc2c(s1)Cc1cc(Cl)ccc1-2. The van der Waals surface area contributed by atoms with Gasteiger partial charge < -0.3 is 0 Å². The molecular formula is C14H11ClN2S. The van der Waals surface area contributed by atoms with Crippen LogP contribution in [0.2, 0.25) is 5.02 Å². The number of nitrogens with zero attached hydrogens (tertiary/aromatic N) is 2. The summed E-state index contributed by atoms with van der Waals surface area (Å²) in [5.74, 6) is 0. The van der Waals surface area contributed by atoms with E-state index in [1.807, 2.05) is 32.0 Å². The average Bonchev–Trinajstić information content (AvgIpc) is 2.85. The van der Waals surface area contributed by atoms with Crippen molar-refractivity contribution in [1.82, 2.24) is 4.98 Å². The second kappa shape index (κ2) is 3.81. The number of nitriles is 1. The highest BCUT2D eigenvalue weighted by molar-refractivity contribution is 7.12. The van der Waals surface area contributed by atoms with E-state index in [4.69, 9.17) is 16.9 Å². The first-order chi connectivity index (χ1) is 8.51. The lowest BCUT2D eigenvalue weighted by atomic mass is 9.97. The molecule has 0 atom stereocenters. The van der Waals surface area contributed by atoms with Crippen LogP contribution in [0, 0.1) is 11.3 Å².